The Hall–Kier alpha value is -3.47. The molecule has 0 atom stereocenters. The smallest absolute Gasteiger partial charge is 0.254 e. The molecule has 2 heterocycles. The molecule has 4 rings (SSSR count). The first kappa shape index (κ1) is 16.0. The maximum Gasteiger partial charge on any atom is 0.254 e. The molecule has 0 saturated heterocycles. The molecule has 0 bridgehead atoms. The molecule has 0 spiro atoms. The van der Waals surface area contributed by atoms with Crippen LogP contribution < -0.4 is 0 Å². The van der Waals surface area contributed by atoms with Gasteiger partial charge < -0.3 is 4.90 Å². The first-order valence-corrected chi connectivity index (χ1v) is 8.35. The van der Waals surface area contributed by atoms with Crippen LogP contribution in [0.3, 0.4) is 0 Å². The molecule has 0 unspecified atom stereocenters. The van der Waals surface area contributed by atoms with Crippen molar-refractivity contribution in [3.8, 4) is 16.9 Å². The van der Waals surface area contributed by atoms with Crippen LogP contribution in [-0.2, 0) is 0 Å². The van der Waals surface area contributed by atoms with Crippen molar-refractivity contribution in [1.82, 2.24) is 19.7 Å². The normalized spacial score (nSPS) is 10.8. The SMILES string of the molecule is CN(C)C(=O)c1cc(-c2cnn(-c3ccccc3)c2)nc2ccccc12. The Morgan fingerprint density at radius 1 is 1.00 bits per heavy atom. The molecule has 2 aromatic heterocycles. The number of hydrogen-bond acceptors (Lipinski definition) is 3. The highest BCUT2D eigenvalue weighted by atomic mass is 16.2. The number of para-hydroxylation sites is 2. The second-order valence-electron chi connectivity index (χ2n) is 6.28. The monoisotopic (exact) mass is 342 g/mol. The lowest BCUT2D eigenvalue weighted by Gasteiger charge is -2.13. The van der Waals surface area contributed by atoms with Crippen molar-refractivity contribution >= 4 is 16.8 Å². The average Bonchev–Trinajstić information content (AvgIpc) is 3.17. The molecule has 128 valence electrons. The first-order chi connectivity index (χ1) is 12.6. The molecule has 0 saturated carbocycles. The Balaban J connectivity index is 1.85. The van der Waals surface area contributed by atoms with Gasteiger partial charge in [0, 0.05) is 31.2 Å². The van der Waals surface area contributed by atoms with Crippen molar-refractivity contribution in [3.63, 3.8) is 0 Å². The zero-order chi connectivity index (χ0) is 18.1. The summed E-state index contributed by atoms with van der Waals surface area (Å²) in [6.07, 6.45) is 3.70. The van der Waals surface area contributed by atoms with Gasteiger partial charge in [0.1, 0.15) is 0 Å². The van der Waals surface area contributed by atoms with Gasteiger partial charge in [0.05, 0.1) is 28.7 Å². The van der Waals surface area contributed by atoms with Crippen LogP contribution in [0.5, 0.6) is 0 Å². The van der Waals surface area contributed by atoms with Gasteiger partial charge in [-0.15, -0.1) is 0 Å². The Kier molecular flexibility index (Phi) is 3.97. The quantitative estimate of drug-likeness (QED) is 0.569. The lowest BCUT2D eigenvalue weighted by Crippen LogP contribution is -2.22. The number of amides is 1. The minimum atomic E-state index is -0.0414. The fraction of sp³-hybridized carbons (Fsp3) is 0.0952. The molecular weight excluding hydrogens is 324 g/mol. The van der Waals surface area contributed by atoms with Crippen molar-refractivity contribution in [3.05, 3.63) is 78.6 Å². The van der Waals surface area contributed by atoms with Crippen molar-refractivity contribution in [2.75, 3.05) is 14.1 Å². The number of rotatable bonds is 3. The van der Waals surface area contributed by atoms with Crippen LogP contribution in [0.15, 0.2) is 73.1 Å². The van der Waals surface area contributed by atoms with Gasteiger partial charge in [-0.05, 0) is 24.3 Å². The largest absolute Gasteiger partial charge is 0.345 e. The molecule has 4 aromatic rings. The Labute approximate surface area is 151 Å². The molecule has 5 heteroatoms. The standard InChI is InChI=1S/C21H18N4O/c1-24(2)21(26)18-12-20(23-19-11-7-6-10-17(18)19)15-13-22-25(14-15)16-8-4-3-5-9-16/h3-14H,1-2H3. The Morgan fingerprint density at radius 2 is 1.73 bits per heavy atom. The molecule has 0 radical (unpaired) electrons. The minimum Gasteiger partial charge on any atom is -0.345 e. The summed E-state index contributed by atoms with van der Waals surface area (Å²) in [4.78, 5) is 19.0. The lowest BCUT2D eigenvalue weighted by molar-refractivity contribution is 0.0829. The van der Waals surface area contributed by atoms with Crippen LogP contribution in [0.4, 0.5) is 0 Å². The summed E-state index contributed by atoms with van der Waals surface area (Å²) in [7, 11) is 3.51. The average molecular weight is 342 g/mol. The summed E-state index contributed by atoms with van der Waals surface area (Å²) in [5.74, 6) is -0.0414. The fourth-order valence-corrected chi connectivity index (χ4v) is 2.92. The van der Waals surface area contributed by atoms with Crippen LogP contribution in [-0.4, -0.2) is 39.7 Å². The third-order valence-corrected chi connectivity index (χ3v) is 4.25. The van der Waals surface area contributed by atoms with Crippen LogP contribution in [0, 0.1) is 0 Å². The topological polar surface area (TPSA) is 51.0 Å². The van der Waals surface area contributed by atoms with E-state index in [4.69, 9.17) is 4.98 Å². The molecule has 0 N–H and O–H groups in total. The number of pyridine rings is 1. The van der Waals surface area contributed by atoms with Gasteiger partial charge in [0.15, 0.2) is 0 Å². The molecule has 0 aliphatic heterocycles. The maximum absolute atomic E-state index is 12.6. The Bertz CT molecular complexity index is 1080. The van der Waals surface area contributed by atoms with Crippen molar-refractivity contribution in [2.24, 2.45) is 0 Å². The highest BCUT2D eigenvalue weighted by molar-refractivity contribution is 6.07. The zero-order valence-corrected chi connectivity index (χ0v) is 14.6. The zero-order valence-electron chi connectivity index (χ0n) is 14.6. The summed E-state index contributed by atoms with van der Waals surface area (Å²) >= 11 is 0. The number of carbonyl (C=O) groups is 1. The van der Waals surface area contributed by atoms with Gasteiger partial charge in [-0.2, -0.15) is 5.10 Å². The van der Waals surface area contributed by atoms with Gasteiger partial charge in [-0.1, -0.05) is 36.4 Å². The van der Waals surface area contributed by atoms with Crippen LogP contribution in [0.2, 0.25) is 0 Å². The molecule has 26 heavy (non-hydrogen) atoms. The van der Waals surface area contributed by atoms with E-state index in [-0.39, 0.29) is 5.91 Å². The van der Waals surface area contributed by atoms with Gasteiger partial charge in [0.25, 0.3) is 5.91 Å². The van der Waals surface area contributed by atoms with E-state index in [1.807, 2.05) is 66.9 Å². The molecule has 0 aliphatic rings. The third-order valence-electron chi connectivity index (χ3n) is 4.25. The summed E-state index contributed by atoms with van der Waals surface area (Å²) in [5.41, 5.74) is 4.01. The highest BCUT2D eigenvalue weighted by Gasteiger charge is 2.16. The highest BCUT2D eigenvalue weighted by Crippen LogP contribution is 2.26. The number of aromatic nitrogens is 3. The van der Waals surface area contributed by atoms with E-state index in [0.29, 0.717) is 5.56 Å². The van der Waals surface area contributed by atoms with Crippen LogP contribution in [0.25, 0.3) is 27.8 Å². The van der Waals surface area contributed by atoms with Gasteiger partial charge in [-0.3, -0.25) is 4.79 Å². The van der Waals surface area contributed by atoms with E-state index in [1.165, 1.54) is 0 Å². The molecule has 2 aromatic carbocycles. The second kappa shape index (κ2) is 6.44. The Morgan fingerprint density at radius 3 is 2.50 bits per heavy atom. The van der Waals surface area contributed by atoms with Crippen molar-refractivity contribution < 1.29 is 4.79 Å². The molecule has 5 nitrogen and oxygen atoms in total. The van der Waals surface area contributed by atoms with Crippen molar-refractivity contribution in [2.45, 2.75) is 0 Å². The van der Waals surface area contributed by atoms with E-state index >= 15 is 0 Å². The maximum atomic E-state index is 12.6. The molecule has 1 amide bonds. The van der Waals surface area contributed by atoms with E-state index < -0.39 is 0 Å². The molecule has 0 aliphatic carbocycles. The number of fused-ring (bicyclic) bond motifs is 1. The minimum absolute atomic E-state index is 0.0414. The molecular formula is C21H18N4O. The van der Waals surface area contributed by atoms with E-state index in [9.17, 15) is 4.79 Å². The number of nitrogens with zero attached hydrogens (tertiary/aromatic N) is 4. The van der Waals surface area contributed by atoms with E-state index in [0.717, 1.165) is 27.8 Å². The second-order valence-corrected chi connectivity index (χ2v) is 6.28. The summed E-state index contributed by atoms with van der Waals surface area (Å²) in [6, 6.07) is 19.4. The van der Waals surface area contributed by atoms with E-state index in [1.54, 1.807) is 29.9 Å². The van der Waals surface area contributed by atoms with Crippen molar-refractivity contribution in [1.29, 1.82) is 0 Å². The predicted octanol–water partition coefficient (Wildman–Crippen LogP) is 3.79. The first-order valence-electron chi connectivity index (χ1n) is 8.35. The third kappa shape index (κ3) is 2.84. The fourth-order valence-electron chi connectivity index (χ4n) is 2.92. The summed E-state index contributed by atoms with van der Waals surface area (Å²) in [6.45, 7) is 0. The molecule has 0 fully saturated rings. The van der Waals surface area contributed by atoms with E-state index in [2.05, 4.69) is 5.10 Å². The summed E-state index contributed by atoms with van der Waals surface area (Å²) < 4.78 is 1.81. The van der Waals surface area contributed by atoms with Gasteiger partial charge in [0.2, 0.25) is 0 Å². The van der Waals surface area contributed by atoms with Gasteiger partial charge in [-0.25, -0.2) is 9.67 Å². The predicted molar refractivity (Wildman–Crippen MR) is 102 cm³/mol. The number of benzene rings is 2. The number of hydrogen-bond donors (Lipinski definition) is 0. The number of carbonyl (C=O) groups excluding carboxylic acids is 1. The van der Waals surface area contributed by atoms with Crippen LogP contribution in [0.1, 0.15) is 10.4 Å². The van der Waals surface area contributed by atoms with Gasteiger partial charge >= 0.3 is 0 Å². The van der Waals surface area contributed by atoms with Crippen LogP contribution >= 0.6 is 0 Å². The lowest BCUT2D eigenvalue weighted by atomic mass is 10.0. The summed E-state index contributed by atoms with van der Waals surface area (Å²) in [5, 5.41) is 5.29.